The monoisotopic (exact) mass is 291 g/mol. The Bertz CT molecular complexity index is 418. The summed E-state index contributed by atoms with van der Waals surface area (Å²) in [6.45, 7) is 7.77. The molecule has 1 amide bonds. The van der Waals surface area contributed by atoms with Gasteiger partial charge >= 0.3 is 0 Å². The van der Waals surface area contributed by atoms with Gasteiger partial charge in [0.05, 0.1) is 0 Å². The molecule has 1 rings (SSSR count). The van der Waals surface area contributed by atoms with Crippen molar-refractivity contribution in [2.45, 2.75) is 27.2 Å². The maximum Gasteiger partial charge on any atom is 0.281 e. The first-order valence-corrected chi connectivity index (χ1v) is 7.89. The van der Waals surface area contributed by atoms with Gasteiger partial charge in [-0.1, -0.05) is 20.8 Å². The standard InChI is InChI=1S/C12H25N3O3S/c1-12(2,3)10-11(16)14-6-8-15(9-7-14)19(17,18)13(4)5/h6-10H2,1-5H3. The highest BCUT2D eigenvalue weighted by Crippen LogP contribution is 2.20. The van der Waals surface area contributed by atoms with Gasteiger partial charge in [0.25, 0.3) is 10.2 Å². The molecule has 1 aliphatic rings. The smallest absolute Gasteiger partial charge is 0.281 e. The summed E-state index contributed by atoms with van der Waals surface area (Å²) in [6, 6.07) is 0. The van der Waals surface area contributed by atoms with E-state index in [4.69, 9.17) is 0 Å². The fraction of sp³-hybridized carbons (Fsp3) is 0.917. The van der Waals surface area contributed by atoms with Crippen molar-refractivity contribution in [3.05, 3.63) is 0 Å². The van der Waals surface area contributed by atoms with Gasteiger partial charge in [0.2, 0.25) is 5.91 Å². The number of rotatable bonds is 3. The minimum absolute atomic E-state index is 0.0378. The van der Waals surface area contributed by atoms with Crippen LogP contribution in [0.1, 0.15) is 27.2 Å². The van der Waals surface area contributed by atoms with Crippen LogP contribution in [0.15, 0.2) is 0 Å². The molecular formula is C12H25N3O3S. The second-order valence-corrected chi connectivity index (χ2v) is 8.45. The molecule has 0 aromatic heterocycles. The molecule has 1 aliphatic heterocycles. The quantitative estimate of drug-likeness (QED) is 0.755. The van der Waals surface area contributed by atoms with Crippen LogP contribution in [0, 0.1) is 5.41 Å². The van der Waals surface area contributed by atoms with Gasteiger partial charge in [-0.3, -0.25) is 4.79 Å². The van der Waals surface area contributed by atoms with Crippen molar-refractivity contribution in [3.63, 3.8) is 0 Å². The van der Waals surface area contributed by atoms with Gasteiger partial charge in [-0.2, -0.15) is 17.0 Å². The molecule has 0 aliphatic carbocycles. The summed E-state index contributed by atoms with van der Waals surface area (Å²) < 4.78 is 26.5. The fourth-order valence-corrected chi connectivity index (χ4v) is 3.05. The predicted octanol–water partition coefficient (Wildman–Crippen LogP) is 0.373. The second kappa shape index (κ2) is 5.76. The SMILES string of the molecule is CN(C)S(=O)(=O)N1CCN(C(=O)CC(C)(C)C)CC1. The number of carbonyl (C=O) groups is 1. The summed E-state index contributed by atoms with van der Waals surface area (Å²) >= 11 is 0. The van der Waals surface area contributed by atoms with Gasteiger partial charge in [0.15, 0.2) is 0 Å². The molecule has 0 radical (unpaired) electrons. The molecule has 6 nitrogen and oxygen atoms in total. The van der Waals surface area contributed by atoms with Gasteiger partial charge in [0, 0.05) is 46.7 Å². The molecule has 1 saturated heterocycles. The number of carbonyl (C=O) groups excluding carboxylic acids is 1. The summed E-state index contributed by atoms with van der Waals surface area (Å²) in [6.07, 6.45) is 0.493. The third kappa shape index (κ3) is 4.43. The summed E-state index contributed by atoms with van der Waals surface area (Å²) in [5.74, 6) is 0.106. The van der Waals surface area contributed by atoms with Crippen LogP contribution in [0.5, 0.6) is 0 Å². The molecule has 1 heterocycles. The average molecular weight is 291 g/mol. The molecule has 0 saturated carbocycles. The van der Waals surface area contributed by atoms with E-state index in [1.54, 1.807) is 4.90 Å². The van der Waals surface area contributed by atoms with Crippen LogP contribution in [0.3, 0.4) is 0 Å². The zero-order valence-electron chi connectivity index (χ0n) is 12.5. The largest absolute Gasteiger partial charge is 0.340 e. The molecule has 1 fully saturated rings. The molecule has 0 spiro atoms. The van der Waals surface area contributed by atoms with E-state index >= 15 is 0 Å². The number of amides is 1. The molecule has 0 aromatic carbocycles. The number of hydrogen-bond acceptors (Lipinski definition) is 3. The average Bonchev–Trinajstić information content (AvgIpc) is 2.26. The highest BCUT2D eigenvalue weighted by molar-refractivity contribution is 7.86. The van der Waals surface area contributed by atoms with Crippen LogP contribution in [0.2, 0.25) is 0 Å². The normalized spacial score (nSPS) is 18.9. The van der Waals surface area contributed by atoms with Crippen LogP contribution in [-0.4, -0.2) is 68.1 Å². The Morgan fingerprint density at radius 3 is 1.95 bits per heavy atom. The lowest BCUT2D eigenvalue weighted by atomic mass is 9.91. The summed E-state index contributed by atoms with van der Waals surface area (Å²) in [4.78, 5) is 13.8. The van der Waals surface area contributed by atoms with E-state index in [1.165, 1.54) is 22.7 Å². The Morgan fingerprint density at radius 1 is 1.11 bits per heavy atom. The van der Waals surface area contributed by atoms with Crippen LogP contribution >= 0.6 is 0 Å². The Labute approximate surface area is 116 Å². The van der Waals surface area contributed by atoms with E-state index < -0.39 is 10.2 Å². The van der Waals surface area contributed by atoms with Crippen molar-refractivity contribution in [2.75, 3.05) is 40.3 Å². The molecular weight excluding hydrogens is 266 g/mol. The Kier molecular flexibility index (Phi) is 4.97. The lowest BCUT2D eigenvalue weighted by Crippen LogP contribution is -2.53. The fourth-order valence-electron chi connectivity index (χ4n) is 1.96. The van der Waals surface area contributed by atoms with Crippen LogP contribution in [0.4, 0.5) is 0 Å². The molecule has 0 bridgehead atoms. The minimum atomic E-state index is -3.36. The first-order valence-electron chi connectivity index (χ1n) is 6.49. The zero-order chi connectivity index (χ0) is 14.8. The van der Waals surface area contributed by atoms with Crippen molar-refractivity contribution >= 4 is 16.1 Å². The number of piperazine rings is 1. The lowest BCUT2D eigenvalue weighted by molar-refractivity contribution is -0.134. The van der Waals surface area contributed by atoms with Crippen molar-refractivity contribution < 1.29 is 13.2 Å². The molecule has 19 heavy (non-hydrogen) atoms. The number of nitrogens with zero attached hydrogens (tertiary/aromatic N) is 3. The first kappa shape index (κ1) is 16.4. The lowest BCUT2D eigenvalue weighted by Gasteiger charge is -2.36. The van der Waals surface area contributed by atoms with Gasteiger partial charge < -0.3 is 4.90 Å². The topological polar surface area (TPSA) is 60.9 Å². The molecule has 0 unspecified atom stereocenters. The summed E-state index contributed by atoms with van der Waals surface area (Å²) in [7, 11) is -0.315. The van der Waals surface area contributed by atoms with Crippen LogP contribution < -0.4 is 0 Å². The third-order valence-electron chi connectivity index (χ3n) is 3.06. The highest BCUT2D eigenvalue weighted by atomic mass is 32.2. The van der Waals surface area contributed by atoms with Crippen molar-refractivity contribution in [1.29, 1.82) is 0 Å². The maximum absolute atomic E-state index is 12.1. The molecule has 0 atom stereocenters. The van der Waals surface area contributed by atoms with Crippen molar-refractivity contribution in [3.8, 4) is 0 Å². The van der Waals surface area contributed by atoms with E-state index in [2.05, 4.69) is 0 Å². The number of hydrogen-bond donors (Lipinski definition) is 0. The Morgan fingerprint density at radius 2 is 1.58 bits per heavy atom. The van der Waals surface area contributed by atoms with E-state index in [9.17, 15) is 13.2 Å². The Balaban J connectivity index is 2.57. The molecule has 112 valence electrons. The van der Waals surface area contributed by atoms with Crippen LogP contribution in [-0.2, 0) is 15.0 Å². The predicted molar refractivity (Wildman–Crippen MR) is 74.8 cm³/mol. The highest BCUT2D eigenvalue weighted by Gasteiger charge is 2.31. The first-order chi connectivity index (χ1) is 8.54. The van der Waals surface area contributed by atoms with Crippen molar-refractivity contribution in [1.82, 2.24) is 13.5 Å². The maximum atomic E-state index is 12.1. The van der Waals surface area contributed by atoms with Gasteiger partial charge in [-0.15, -0.1) is 0 Å². The van der Waals surface area contributed by atoms with Gasteiger partial charge in [-0.05, 0) is 5.41 Å². The Hall–Kier alpha value is -0.660. The van der Waals surface area contributed by atoms with Gasteiger partial charge in [0.1, 0.15) is 0 Å². The third-order valence-corrected chi connectivity index (χ3v) is 5.00. The van der Waals surface area contributed by atoms with E-state index in [0.29, 0.717) is 32.6 Å². The summed E-state index contributed by atoms with van der Waals surface area (Å²) in [5, 5.41) is 0. The minimum Gasteiger partial charge on any atom is -0.340 e. The zero-order valence-corrected chi connectivity index (χ0v) is 13.3. The second-order valence-electron chi connectivity index (χ2n) is 6.31. The van der Waals surface area contributed by atoms with Crippen molar-refractivity contribution in [2.24, 2.45) is 5.41 Å². The van der Waals surface area contributed by atoms with E-state index in [-0.39, 0.29) is 11.3 Å². The summed E-state index contributed by atoms with van der Waals surface area (Å²) in [5.41, 5.74) is -0.0378. The van der Waals surface area contributed by atoms with E-state index in [1.807, 2.05) is 20.8 Å². The van der Waals surface area contributed by atoms with E-state index in [0.717, 1.165) is 0 Å². The van der Waals surface area contributed by atoms with Gasteiger partial charge in [-0.25, -0.2) is 0 Å². The van der Waals surface area contributed by atoms with Crippen LogP contribution in [0.25, 0.3) is 0 Å². The molecule has 7 heteroatoms. The molecule has 0 N–H and O–H groups in total. The molecule has 0 aromatic rings.